The molecule has 184 valence electrons. The van der Waals surface area contributed by atoms with E-state index < -0.39 is 0 Å². The molecule has 0 atom stereocenters. The number of hydrogen-bond acceptors (Lipinski definition) is 5. The lowest BCUT2D eigenvalue weighted by molar-refractivity contribution is -0.118. The second-order valence-electron chi connectivity index (χ2n) is 9.08. The van der Waals surface area contributed by atoms with Crippen LogP contribution in [0.15, 0.2) is 83.1 Å². The van der Waals surface area contributed by atoms with Gasteiger partial charge in [0, 0.05) is 21.3 Å². The SMILES string of the molecule is CC(C)(C)c1ccc(/C=N\NC(=O)CSc2nnc(-c3ccc(Cl)cc3)n2-c2ccc(Cl)cc2)cc1. The summed E-state index contributed by atoms with van der Waals surface area (Å²) in [7, 11) is 0. The highest BCUT2D eigenvalue weighted by atomic mass is 35.5. The van der Waals surface area contributed by atoms with Crippen molar-refractivity contribution in [3.8, 4) is 17.1 Å². The number of hydrazone groups is 1. The molecule has 0 aliphatic heterocycles. The number of hydrogen-bond donors (Lipinski definition) is 1. The number of carbonyl (C=O) groups excluding carboxylic acids is 1. The minimum Gasteiger partial charge on any atom is -0.272 e. The van der Waals surface area contributed by atoms with Crippen LogP contribution in [0, 0.1) is 0 Å². The van der Waals surface area contributed by atoms with Crippen LogP contribution < -0.4 is 5.43 Å². The number of nitrogens with zero attached hydrogens (tertiary/aromatic N) is 4. The Balaban J connectivity index is 1.46. The molecule has 0 saturated carbocycles. The van der Waals surface area contributed by atoms with Crippen molar-refractivity contribution < 1.29 is 4.79 Å². The van der Waals surface area contributed by atoms with Gasteiger partial charge in [0.1, 0.15) is 0 Å². The van der Waals surface area contributed by atoms with Gasteiger partial charge in [0.2, 0.25) is 0 Å². The third-order valence-corrected chi connectivity index (χ3v) is 6.77. The van der Waals surface area contributed by atoms with E-state index >= 15 is 0 Å². The largest absolute Gasteiger partial charge is 0.272 e. The monoisotopic (exact) mass is 537 g/mol. The van der Waals surface area contributed by atoms with Crippen molar-refractivity contribution in [3.63, 3.8) is 0 Å². The number of halogens is 2. The predicted molar refractivity (Wildman–Crippen MR) is 148 cm³/mol. The summed E-state index contributed by atoms with van der Waals surface area (Å²) in [6.45, 7) is 6.50. The molecule has 0 spiro atoms. The van der Waals surface area contributed by atoms with Crippen molar-refractivity contribution in [3.05, 3.63) is 94.0 Å². The first-order valence-corrected chi connectivity index (χ1v) is 13.0. The fourth-order valence-electron chi connectivity index (χ4n) is 3.38. The average molecular weight is 539 g/mol. The van der Waals surface area contributed by atoms with Gasteiger partial charge in [-0.3, -0.25) is 9.36 Å². The summed E-state index contributed by atoms with van der Waals surface area (Å²) < 4.78 is 1.89. The Kier molecular flexibility index (Phi) is 8.14. The first kappa shape index (κ1) is 25.9. The number of nitrogens with one attached hydrogen (secondary N) is 1. The first-order valence-electron chi connectivity index (χ1n) is 11.2. The van der Waals surface area contributed by atoms with Gasteiger partial charge < -0.3 is 0 Å². The van der Waals surface area contributed by atoms with E-state index in [9.17, 15) is 4.79 Å². The van der Waals surface area contributed by atoms with Gasteiger partial charge in [-0.2, -0.15) is 5.10 Å². The molecule has 1 heterocycles. The van der Waals surface area contributed by atoms with Gasteiger partial charge in [-0.05, 0) is 65.1 Å². The molecule has 0 saturated heterocycles. The number of carbonyl (C=O) groups is 1. The normalized spacial score (nSPS) is 11.7. The molecule has 0 aliphatic rings. The van der Waals surface area contributed by atoms with Crippen LogP contribution in [0.5, 0.6) is 0 Å². The highest BCUT2D eigenvalue weighted by Crippen LogP contribution is 2.29. The molecule has 0 aliphatic carbocycles. The van der Waals surface area contributed by atoms with E-state index in [1.165, 1.54) is 17.3 Å². The molecule has 0 bridgehead atoms. The van der Waals surface area contributed by atoms with Gasteiger partial charge in [0.25, 0.3) is 5.91 Å². The van der Waals surface area contributed by atoms with Crippen LogP contribution in [0.4, 0.5) is 0 Å². The van der Waals surface area contributed by atoms with Gasteiger partial charge in [-0.25, -0.2) is 5.43 Å². The van der Waals surface area contributed by atoms with E-state index in [0.29, 0.717) is 21.0 Å². The Bertz CT molecular complexity index is 1360. The van der Waals surface area contributed by atoms with E-state index in [1.54, 1.807) is 30.5 Å². The van der Waals surface area contributed by atoms with Gasteiger partial charge in [0.05, 0.1) is 12.0 Å². The molecule has 1 amide bonds. The number of thioether (sulfide) groups is 1. The molecular weight excluding hydrogens is 513 g/mol. The molecular formula is C27H25Cl2N5OS. The van der Waals surface area contributed by atoms with Crippen LogP contribution in [0.3, 0.4) is 0 Å². The molecule has 6 nitrogen and oxygen atoms in total. The zero-order valence-electron chi connectivity index (χ0n) is 20.1. The minimum atomic E-state index is -0.249. The highest BCUT2D eigenvalue weighted by Gasteiger charge is 2.17. The summed E-state index contributed by atoms with van der Waals surface area (Å²) >= 11 is 13.4. The third-order valence-electron chi connectivity index (χ3n) is 5.33. The second kappa shape index (κ2) is 11.3. The van der Waals surface area contributed by atoms with Crippen molar-refractivity contribution in [2.45, 2.75) is 31.3 Å². The molecule has 9 heteroatoms. The van der Waals surface area contributed by atoms with E-state index in [-0.39, 0.29) is 17.1 Å². The Morgan fingerprint density at radius 3 is 2.17 bits per heavy atom. The number of benzene rings is 3. The summed E-state index contributed by atoms with van der Waals surface area (Å²) in [5.74, 6) is 0.502. The number of amides is 1. The highest BCUT2D eigenvalue weighted by molar-refractivity contribution is 7.99. The van der Waals surface area contributed by atoms with E-state index in [4.69, 9.17) is 23.2 Å². The molecule has 3 aromatic carbocycles. The van der Waals surface area contributed by atoms with Crippen molar-refractivity contribution >= 4 is 47.1 Å². The molecule has 0 unspecified atom stereocenters. The lowest BCUT2D eigenvalue weighted by Gasteiger charge is -2.18. The maximum absolute atomic E-state index is 12.5. The van der Waals surface area contributed by atoms with Crippen LogP contribution in [-0.4, -0.2) is 32.6 Å². The molecule has 1 N–H and O–H groups in total. The van der Waals surface area contributed by atoms with E-state index in [2.05, 4.69) is 53.6 Å². The molecule has 4 aromatic rings. The maximum atomic E-state index is 12.5. The number of rotatable bonds is 7. The summed E-state index contributed by atoms with van der Waals surface area (Å²) in [6.07, 6.45) is 1.63. The second-order valence-corrected chi connectivity index (χ2v) is 10.9. The fraction of sp³-hybridized carbons (Fsp3) is 0.185. The summed E-state index contributed by atoms with van der Waals surface area (Å²) in [5.41, 5.74) is 6.48. The van der Waals surface area contributed by atoms with Crippen LogP contribution in [-0.2, 0) is 10.2 Å². The first-order chi connectivity index (χ1) is 17.2. The van der Waals surface area contributed by atoms with Crippen molar-refractivity contribution in [2.75, 3.05) is 5.75 Å². The van der Waals surface area contributed by atoms with Crippen molar-refractivity contribution in [2.24, 2.45) is 5.10 Å². The zero-order valence-corrected chi connectivity index (χ0v) is 22.4. The minimum absolute atomic E-state index is 0.0844. The lowest BCUT2D eigenvalue weighted by Crippen LogP contribution is -2.20. The Labute approximate surface area is 224 Å². The maximum Gasteiger partial charge on any atom is 0.250 e. The molecule has 0 radical (unpaired) electrons. The van der Waals surface area contributed by atoms with Crippen LogP contribution in [0.2, 0.25) is 10.0 Å². The zero-order chi connectivity index (χ0) is 25.7. The Morgan fingerprint density at radius 2 is 1.56 bits per heavy atom. The number of aromatic nitrogens is 3. The predicted octanol–water partition coefficient (Wildman–Crippen LogP) is 6.78. The third kappa shape index (κ3) is 6.55. The molecule has 1 aromatic heterocycles. The van der Waals surface area contributed by atoms with Crippen LogP contribution >= 0.6 is 35.0 Å². The Hall–Kier alpha value is -3.13. The van der Waals surface area contributed by atoms with E-state index in [1.807, 2.05) is 41.0 Å². The average Bonchev–Trinajstić information content (AvgIpc) is 3.27. The Morgan fingerprint density at radius 1 is 0.944 bits per heavy atom. The summed E-state index contributed by atoms with van der Waals surface area (Å²) in [4.78, 5) is 12.5. The van der Waals surface area contributed by atoms with Gasteiger partial charge in [0.15, 0.2) is 11.0 Å². The fourth-order valence-corrected chi connectivity index (χ4v) is 4.38. The molecule has 36 heavy (non-hydrogen) atoms. The lowest BCUT2D eigenvalue weighted by atomic mass is 9.87. The van der Waals surface area contributed by atoms with Crippen molar-refractivity contribution in [1.29, 1.82) is 0 Å². The summed E-state index contributed by atoms with van der Waals surface area (Å²) in [5, 5.41) is 14.6. The van der Waals surface area contributed by atoms with E-state index in [0.717, 1.165) is 16.8 Å². The van der Waals surface area contributed by atoms with Crippen molar-refractivity contribution in [1.82, 2.24) is 20.2 Å². The van der Waals surface area contributed by atoms with Gasteiger partial charge in [-0.15, -0.1) is 10.2 Å². The quantitative estimate of drug-likeness (QED) is 0.160. The smallest absolute Gasteiger partial charge is 0.250 e. The van der Waals surface area contributed by atoms with Gasteiger partial charge >= 0.3 is 0 Å². The topological polar surface area (TPSA) is 72.2 Å². The standard InChI is InChI=1S/C27H25Cl2N5OS/c1-27(2,3)20-8-4-18(5-9-20)16-30-31-24(35)17-36-26-33-32-25(19-6-10-21(28)11-7-19)34(26)23-14-12-22(29)13-15-23/h4-16H,17H2,1-3H3,(H,31,35)/b30-16-. The van der Waals surface area contributed by atoms with Crippen LogP contribution in [0.1, 0.15) is 31.9 Å². The van der Waals surface area contributed by atoms with Gasteiger partial charge in [-0.1, -0.05) is 80.0 Å². The van der Waals surface area contributed by atoms with Crippen LogP contribution in [0.25, 0.3) is 17.1 Å². The summed E-state index contributed by atoms with van der Waals surface area (Å²) in [6, 6.07) is 22.8. The molecule has 0 fully saturated rings. The molecule has 4 rings (SSSR count).